The van der Waals surface area contributed by atoms with Gasteiger partial charge in [0.25, 0.3) is 0 Å². The predicted octanol–water partition coefficient (Wildman–Crippen LogP) is 2.32. The van der Waals surface area contributed by atoms with Gasteiger partial charge in [0.15, 0.2) is 0 Å². The first-order valence-electron chi connectivity index (χ1n) is 4.97. The van der Waals surface area contributed by atoms with Gasteiger partial charge in [-0.3, -0.25) is 4.98 Å². The third-order valence-electron chi connectivity index (χ3n) is 2.36. The molecule has 0 aliphatic heterocycles. The van der Waals surface area contributed by atoms with Gasteiger partial charge in [0, 0.05) is 11.9 Å². The number of nitrogens with zero attached hydrogens (tertiary/aromatic N) is 2. The Balaban J connectivity index is 2.42. The lowest BCUT2D eigenvalue weighted by Crippen LogP contribution is -2.01. The number of aromatic nitrogens is 1. The summed E-state index contributed by atoms with van der Waals surface area (Å²) < 4.78 is 0. The highest BCUT2D eigenvalue weighted by atomic mass is 14.7. The summed E-state index contributed by atoms with van der Waals surface area (Å²) in [7, 11) is 0. The van der Waals surface area contributed by atoms with Crippen LogP contribution in [0.25, 0.3) is 0 Å². The number of nitrogens with two attached hydrogens (primary N) is 1. The van der Waals surface area contributed by atoms with Gasteiger partial charge in [-0.1, -0.05) is 18.2 Å². The fraction of sp³-hybridized carbons (Fsp3) is 0.0769. The molecule has 0 bridgehead atoms. The van der Waals surface area contributed by atoms with Crippen LogP contribution in [-0.4, -0.2) is 4.98 Å². The second kappa shape index (κ2) is 4.45. The highest BCUT2D eigenvalue weighted by Crippen LogP contribution is 2.23. The van der Waals surface area contributed by atoms with Crippen molar-refractivity contribution >= 4 is 5.69 Å². The van der Waals surface area contributed by atoms with Gasteiger partial charge in [-0.2, -0.15) is 5.26 Å². The van der Waals surface area contributed by atoms with E-state index in [9.17, 15) is 5.26 Å². The monoisotopic (exact) mass is 209 g/mol. The Morgan fingerprint density at radius 1 is 1.19 bits per heavy atom. The van der Waals surface area contributed by atoms with Crippen LogP contribution in [0.2, 0.25) is 0 Å². The zero-order chi connectivity index (χ0) is 11.4. The Kier molecular flexibility index (Phi) is 2.84. The van der Waals surface area contributed by atoms with E-state index in [0.29, 0.717) is 5.69 Å². The van der Waals surface area contributed by atoms with Crippen molar-refractivity contribution in [1.82, 2.24) is 4.98 Å². The molecule has 1 aromatic heterocycles. The van der Waals surface area contributed by atoms with Crippen molar-refractivity contribution in [3.8, 4) is 6.07 Å². The van der Waals surface area contributed by atoms with Crippen molar-refractivity contribution in [3.63, 3.8) is 0 Å². The highest BCUT2D eigenvalue weighted by molar-refractivity contribution is 5.45. The molecular weight excluding hydrogens is 198 g/mol. The van der Waals surface area contributed by atoms with Gasteiger partial charge in [0.2, 0.25) is 0 Å². The van der Waals surface area contributed by atoms with E-state index in [4.69, 9.17) is 5.73 Å². The standard InChI is InChI=1S/C13H11N3/c14-9-12(13-6-1-2-7-16-13)10-4-3-5-11(15)8-10/h1-8,12H,15H2. The average Bonchev–Trinajstić information content (AvgIpc) is 2.31. The summed E-state index contributed by atoms with van der Waals surface area (Å²) in [6.07, 6.45) is 1.69. The number of hydrogen-bond donors (Lipinski definition) is 1. The third-order valence-corrected chi connectivity index (χ3v) is 2.36. The number of benzene rings is 1. The zero-order valence-electron chi connectivity index (χ0n) is 8.67. The molecule has 0 aliphatic rings. The minimum absolute atomic E-state index is 0.357. The molecule has 0 amide bonds. The van der Waals surface area contributed by atoms with Crippen LogP contribution in [0, 0.1) is 11.3 Å². The first-order chi connectivity index (χ1) is 7.81. The smallest absolute Gasteiger partial charge is 0.113 e. The van der Waals surface area contributed by atoms with Crippen LogP contribution in [0.5, 0.6) is 0 Å². The minimum Gasteiger partial charge on any atom is -0.399 e. The average molecular weight is 209 g/mol. The van der Waals surface area contributed by atoms with Crippen molar-refractivity contribution < 1.29 is 0 Å². The van der Waals surface area contributed by atoms with E-state index >= 15 is 0 Å². The molecule has 0 radical (unpaired) electrons. The van der Waals surface area contributed by atoms with Crippen LogP contribution in [-0.2, 0) is 0 Å². The first-order valence-corrected chi connectivity index (χ1v) is 4.97. The molecule has 1 unspecified atom stereocenters. The fourth-order valence-corrected chi connectivity index (χ4v) is 1.60. The fourth-order valence-electron chi connectivity index (χ4n) is 1.60. The zero-order valence-corrected chi connectivity index (χ0v) is 8.67. The number of hydrogen-bond acceptors (Lipinski definition) is 3. The first kappa shape index (κ1) is 10.2. The van der Waals surface area contributed by atoms with Gasteiger partial charge in [-0.05, 0) is 29.8 Å². The van der Waals surface area contributed by atoms with Crippen molar-refractivity contribution in [3.05, 3.63) is 59.9 Å². The second-order valence-corrected chi connectivity index (χ2v) is 3.49. The molecule has 0 saturated carbocycles. The molecule has 3 heteroatoms. The molecule has 2 N–H and O–H groups in total. The third kappa shape index (κ3) is 2.01. The Labute approximate surface area is 94.2 Å². The van der Waals surface area contributed by atoms with E-state index in [0.717, 1.165) is 11.3 Å². The Hall–Kier alpha value is -2.34. The molecule has 1 atom stereocenters. The van der Waals surface area contributed by atoms with Gasteiger partial charge in [0.05, 0.1) is 11.8 Å². The summed E-state index contributed by atoms with van der Waals surface area (Å²) in [6.45, 7) is 0. The van der Waals surface area contributed by atoms with Gasteiger partial charge in [-0.25, -0.2) is 0 Å². The maximum Gasteiger partial charge on any atom is 0.113 e. The van der Waals surface area contributed by atoms with Crippen LogP contribution in [0.1, 0.15) is 17.2 Å². The lowest BCUT2D eigenvalue weighted by atomic mass is 9.96. The summed E-state index contributed by atoms with van der Waals surface area (Å²) in [5.74, 6) is -0.357. The van der Waals surface area contributed by atoms with Crippen LogP contribution in [0.15, 0.2) is 48.7 Å². The second-order valence-electron chi connectivity index (χ2n) is 3.49. The quantitative estimate of drug-likeness (QED) is 0.772. The van der Waals surface area contributed by atoms with E-state index in [1.165, 1.54) is 0 Å². The number of anilines is 1. The SMILES string of the molecule is N#CC(c1cccc(N)c1)c1ccccn1. The molecule has 0 fully saturated rings. The van der Waals surface area contributed by atoms with Gasteiger partial charge >= 0.3 is 0 Å². The van der Waals surface area contributed by atoms with Gasteiger partial charge in [-0.15, -0.1) is 0 Å². The molecule has 3 nitrogen and oxygen atoms in total. The number of nitrogen functional groups attached to an aromatic ring is 1. The maximum absolute atomic E-state index is 9.19. The van der Waals surface area contributed by atoms with Crippen LogP contribution >= 0.6 is 0 Å². The molecule has 0 aliphatic carbocycles. The summed E-state index contributed by atoms with van der Waals surface area (Å²) in [4.78, 5) is 4.19. The van der Waals surface area contributed by atoms with E-state index in [1.54, 1.807) is 12.3 Å². The van der Waals surface area contributed by atoms with Crippen molar-refractivity contribution in [2.45, 2.75) is 5.92 Å². The molecule has 2 rings (SSSR count). The van der Waals surface area contributed by atoms with Crippen molar-refractivity contribution in [2.75, 3.05) is 5.73 Å². The number of rotatable bonds is 2. The maximum atomic E-state index is 9.19. The van der Waals surface area contributed by atoms with Crippen LogP contribution in [0.3, 0.4) is 0 Å². The van der Waals surface area contributed by atoms with Crippen molar-refractivity contribution in [1.29, 1.82) is 5.26 Å². The topological polar surface area (TPSA) is 62.7 Å². The molecule has 0 saturated heterocycles. The van der Waals surface area contributed by atoms with E-state index in [-0.39, 0.29) is 5.92 Å². The molecule has 2 aromatic rings. The molecule has 1 aromatic carbocycles. The van der Waals surface area contributed by atoms with E-state index in [1.807, 2.05) is 36.4 Å². The molecule has 78 valence electrons. The Bertz CT molecular complexity index is 514. The number of nitriles is 1. The van der Waals surface area contributed by atoms with Crippen LogP contribution in [0.4, 0.5) is 5.69 Å². The molecule has 1 heterocycles. The number of pyridine rings is 1. The highest BCUT2D eigenvalue weighted by Gasteiger charge is 2.14. The van der Waals surface area contributed by atoms with Crippen molar-refractivity contribution in [2.24, 2.45) is 0 Å². The Morgan fingerprint density at radius 3 is 2.69 bits per heavy atom. The minimum atomic E-state index is -0.357. The molecule has 0 spiro atoms. The predicted molar refractivity (Wildman–Crippen MR) is 62.5 cm³/mol. The summed E-state index contributed by atoms with van der Waals surface area (Å²) >= 11 is 0. The lowest BCUT2D eigenvalue weighted by Gasteiger charge is -2.08. The largest absolute Gasteiger partial charge is 0.399 e. The van der Waals surface area contributed by atoms with E-state index in [2.05, 4.69) is 11.1 Å². The summed E-state index contributed by atoms with van der Waals surface area (Å²) in [5, 5.41) is 9.19. The molecule has 16 heavy (non-hydrogen) atoms. The van der Waals surface area contributed by atoms with E-state index < -0.39 is 0 Å². The lowest BCUT2D eigenvalue weighted by molar-refractivity contribution is 0.967. The molecular formula is C13H11N3. The normalized spacial score (nSPS) is 11.7. The van der Waals surface area contributed by atoms with Gasteiger partial charge in [0.1, 0.15) is 5.92 Å². The summed E-state index contributed by atoms with van der Waals surface area (Å²) in [6, 6.07) is 15.1. The van der Waals surface area contributed by atoms with Crippen LogP contribution < -0.4 is 5.73 Å². The summed E-state index contributed by atoms with van der Waals surface area (Å²) in [5.41, 5.74) is 7.98. The Morgan fingerprint density at radius 2 is 2.06 bits per heavy atom. The van der Waals surface area contributed by atoms with Gasteiger partial charge < -0.3 is 5.73 Å².